The Balaban J connectivity index is 1.72. The number of anilines is 3. The first-order valence-corrected chi connectivity index (χ1v) is 8.38. The van der Waals surface area contributed by atoms with Crippen LogP contribution in [0.2, 0.25) is 5.02 Å². The van der Waals surface area contributed by atoms with E-state index >= 15 is 0 Å². The van der Waals surface area contributed by atoms with E-state index in [2.05, 4.69) is 28.1 Å². The molecule has 0 saturated carbocycles. The van der Waals surface area contributed by atoms with Gasteiger partial charge in [-0.2, -0.15) is 0 Å². The number of hydrogen-bond donors (Lipinski definition) is 3. The molecule has 0 aliphatic carbocycles. The van der Waals surface area contributed by atoms with Crippen molar-refractivity contribution in [1.29, 1.82) is 0 Å². The van der Waals surface area contributed by atoms with Crippen LogP contribution in [0.5, 0.6) is 0 Å². The predicted octanol–water partition coefficient (Wildman–Crippen LogP) is 4.01. The van der Waals surface area contributed by atoms with Crippen LogP contribution in [0.1, 0.15) is 18.4 Å². The van der Waals surface area contributed by atoms with Gasteiger partial charge in [-0.25, -0.2) is 0 Å². The first-order valence-electron chi connectivity index (χ1n) is 8.00. The van der Waals surface area contributed by atoms with Gasteiger partial charge in [-0.05, 0) is 49.7 Å². The Hall–Kier alpha value is -2.04. The maximum absolute atomic E-state index is 6.15. The van der Waals surface area contributed by atoms with Gasteiger partial charge in [0.15, 0.2) is 0 Å². The van der Waals surface area contributed by atoms with Gasteiger partial charge in [-0.3, -0.25) is 4.99 Å². The van der Waals surface area contributed by atoms with Crippen molar-refractivity contribution >= 4 is 34.5 Å². The Morgan fingerprint density at radius 1 is 1.04 bits per heavy atom. The van der Waals surface area contributed by atoms with Crippen LogP contribution in [0.25, 0.3) is 0 Å². The lowest BCUT2D eigenvalue weighted by molar-refractivity contribution is 0.618. The second-order valence-corrected chi connectivity index (χ2v) is 6.40. The van der Waals surface area contributed by atoms with Gasteiger partial charge in [-0.1, -0.05) is 23.7 Å². The maximum Gasteiger partial charge on any atom is 0.134 e. The average molecular weight is 327 g/mol. The van der Waals surface area contributed by atoms with E-state index in [1.54, 1.807) is 0 Å². The van der Waals surface area contributed by atoms with Crippen LogP contribution < -0.4 is 16.0 Å². The number of benzene rings is 2. The fourth-order valence-electron chi connectivity index (χ4n) is 3.11. The molecule has 0 radical (unpaired) electrons. The minimum atomic E-state index is 0.478. The van der Waals surface area contributed by atoms with Gasteiger partial charge >= 0.3 is 0 Å². The van der Waals surface area contributed by atoms with E-state index in [0.29, 0.717) is 11.1 Å². The summed E-state index contributed by atoms with van der Waals surface area (Å²) in [5, 5.41) is 11.1. The quantitative estimate of drug-likeness (QED) is 0.781. The third kappa shape index (κ3) is 3.05. The normalized spacial score (nSPS) is 21.1. The number of hydrogen-bond acceptors (Lipinski definition) is 3. The molecule has 2 aliphatic rings. The summed E-state index contributed by atoms with van der Waals surface area (Å²) < 4.78 is 0. The minimum absolute atomic E-state index is 0.478. The maximum atomic E-state index is 6.15. The minimum Gasteiger partial charge on any atom is -0.353 e. The Kier molecular flexibility index (Phi) is 3.93. The Morgan fingerprint density at radius 3 is 2.83 bits per heavy atom. The molecule has 5 heteroatoms. The Morgan fingerprint density at radius 2 is 1.96 bits per heavy atom. The zero-order valence-electron chi connectivity index (χ0n) is 12.8. The summed E-state index contributed by atoms with van der Waals surface area (Å²) in [4.78, 5) is 4.86. The van der Waals surface area contributed by atoms with E-state index in [-0.39, 0.29) is 0 Å². The number of nitrogens with zero attached hydrogens (tertiary/aromatic N) is 1. The molecule has 4 nitrogen and oxygen atoms in total. The summed E-state index contributed by atoms with van der Waals surface area (Å²) in [5.74, 6) is 0.891. The monoisotopic (exact) mass is 326 g/mol. The lowest BCUT2D eigenvalue weighted by Crippen LogP contribution is -2.26. The summed E-state index contributed by atoms with van der Waals surface area (Å²) in [6.07, 6.45) is 2.43. The molecule has 0 amide bonds. The van der Waals surface area contributed by atoms with Gasteiger partial charge < -0.3 is 16.0 Å². The topological polar surface area (TPSA) is 48.5 Å². The van der Waals surface area contributed by atoms with Crippen LogP contribution in [-0.2, 0) is 0 Å². The molecule has 118 valence electrons. The number of fused-ring (bicyclic) bond motifs is 2. The van der Waals surface area contributed by atoms with Crippen molar-refractivity contribution in [2.75, 3.05) is 23.7 Å². The molecule has 2 aromatic rings. The van der Waals surface area contributed by atoms with E-state index < -0.39 is 0 Å². The van der Waals surface area contributed by atoms with Crippen molar-refractivity contribution in [3.8, 4) is 0 Å². The molecule has 4 rings (SSSR count). The molecule has 1 fully saturated rings. The zero-order chi connectivity index (χ0) is 15.6. The van der Waals surface area contributed by atoms with Crippen molar-refractivity contribution in [2.24, 2.45) is 4.99 Å². The summed E-state index contributed by atoms with van der Waals surface area (Å²) in [5.41, 5.74) is 4.09. The number of aliphatic imine (C=N–C) groups is 1. The van der Waals surface area contributed by atoms with E-state index in [4.69, 9.17) is 16.6 Å². The highest BCUT2D eigenvalue weighted by molar-refractivity contribution is 6.31. The van der Waals surface area contributed by atoms with Crippen LogP contribution in [0.4, 0.5) is 17.1 Å². The molecule has 0 spiro atoms. The fourth-order valence-corrected chi connectivity index (χ4v) is 3.28. The third-order valence-electron chi connectivity index (χ3n) is 4.32. The van der Waals surface area contributed by atoms with E-state index in [1.165, 1.54) is 12.8 Å². The average Bonchev–Trinajstić information content (AvgIpc) is 3.02. The summed E-state index contributed by atoms with van der Waals surface area (Å²) in [6.45, 7) is 1.88. The van der Waals surface area contributed by atoms with Crippen LogP contribution >= 0.6 is 11.6 Å². The lowest BCUT2D eigenvalue weighted by Gasteiger charge is -2.12. The molecule has 0 unspecified atom stereocenters. The van der Waals surface area contributed by atoms with Crippen LogP contribution in [0.15, 0.2) is 47.5 Å². The summed E-state index contributed by atoms with van der Waals surface area (Å²) in [7, 11) is 0. The van der Waals surface area contributed by atoms with Gasteiger partial charge in [0.1, 0.15) is 5.84 Å². The van der Waals surface area contributed by atoms with Crippen LogP contribution in [0.3, 0.4) is 0 Å². The Bertz CT molecular complexity index is 750. The molecule has 0 bridgehead atoms. The van der Waals surface area contributed by atoms with E-state index in [1.807, 2.05) is 30.3 Å². The number of amidine groups is 1. The Labute approximate surface area is 141 Å². The molecule has 2 aliphatic heterocycles. The van der Waals surface area contributed by atoms with Gasteiger partial charge in [0, 0.05) is 22.3 Å². The molecule has 2 aromatic carbocycles. The van der Waals surface area contributed by atoms with Gasteiger partial charge in [0.25, 0.3) is 0 Å². The fraction of sp³-hybridized carbons (Fsp3) is 0.278. The van der Waals surface area contributed by atoms with E-state index in [9.17, 15) is 0 Å². The van der Waals surface area contributed by atoms with Gasteiger partial charge in [-0.15, -0.1) is 0 Å². The summed E-state index contributed by atoms with van der Waals surface area (Å²) in [6, 6.07) is 14.5. The number of rotatable bonds is 2. The lowest BCUT2D eigenvalue weighted by atomic mass is 10.1. The molecule has 2 heterocycles. The smallest absolute Gasteiger partial charge is 0.134 e. The van der Waals surface area contributed by atoms with Crippen molar-refractivity contribution in [3.05, 3.63) is 53.1 Å². The van der Waals surface area contributed by atoms with Crippen molar-refractivity contribution in [3.63, 3.8) is 0 Å². The second-order valence-electron chi connectivity index (χ2n) is 5.97. The molecule has 3 N–H and O–H groups in total. The number of nitrogens with one attached hydrogen (secondary N) is 3. The molecule has 1 atom stereocenters. The summed E-state index contributed by atoms with van der Waals surface area (Å²) >= 11 is 6.15. The van der Waals surface area contributed by atoms with Crippen molar-refractivity contribution in [2.45, 2.75) is 18.9 Å². The molecule has 0 aromatic heterocycles. The third-order valence-corrected chi connectivity index (χ3v) is 4.55. The number of para-hydroxylation sites is 1. The first kappa shape index (κ1) is 14.5. The number of halogens is 1. The molecular weight excluding hydrogens is 308 g/mol. The van der Waals surface area contributed by atoms with Crippen LogP contribution in [-0.4, -0.2) is 25.0 Å². The predicted molar refractivity (Wildman–Crippen MR) is 97.2 cm³/mol. The highest BCUT2D eigenvalue weighted by atomic mass is 35.5. The highest BCUT2D eigenvalue weighted by Gasteiger charge is 2.19. The van der Waals surface area contributed by atoms with Gasteiger partial charge in [0.2, 0.25) is 0 Å². The van der Waals surface area contributed by atoms with Crippen molar-refractivity contribution in [1.82, 2.24) is 5.32 Å². The molecule has 23 heavy (non-hydrogen) atoms. The van der Waals surface area contributed by atoms with Crippen molar-refractivity contribution < 1.29 is 0 Å². The first-order chi connectivity index (χ1) is 11.3. The van der Waals surface area contributed by atoms with Gasteiger partial charge in [0.05, 0.1) is 17.9 Å². The highest BCUT2D eigenvalue weighted by Crippen LogP contribution is 2.33. The molecular formula is C18H19ClN4. The zero-order valence-corrected chi connectivity index (χ0v) is 13.5. The second kappa shape index (κ2) is 6.22. The molecule has 1 saturated heterocycles. The van der Waals surface area contributed by atoms with Crippen LogP contribution in [0, 0.1) is 0 Å². The standard InChI is InChI=1S/C18H19ClN4/c19-12-7-8-16-17(10-12)23-18(21-11-13-4-3-9-20-13)14-5-1-2-6-15(14)22-16/h1-2,5-8,10,13,20,22H,3-4,9,11H2,(H,21,23)/t13-/m0/s1. The van der Waals surface area contributed by atoms with E-state index in [0.717, 1.165) is 41.6 Å². The SMILES string of the molecule is Clc1ccc2c(c1)NC(=NC[C@@H]1CCCN1)c1ccccc1N2. The largest absolute Gasteiger partial charge is 0.353 e.